The molecular formula is C19H19F3N4O2S. The predicted molar refractivity (Wildman–Crippen MR) is 105 cm³/mol. The minimum absolute atomic E-state index is 0.187. The molecule has 0 N–H and O–H groups in total. The van der Waals surface area contributed by atoms with E-state index >= 15 is 0 Å². The Morgan fingerprint density at radius 2 is 1.83 bits per heavy atom. The van der Waals surface area contributed by atoms with E-state index < -0.39 is 23.0 Å². The number of nitrogens with zero attached hydrogens (tertiary/aromatic N) is 4. The van der Waals surface area contributed by atoms with Gasteiger partial charge >= 0.3 is 11.9 Å². The zero-order chi connectivity index (χ0) is 21.3. The third kappa shape index (κ3) is 4.21. The van der Waals surface area contributed by atoms with Gasteiger partial charge in [0.1, 0.15) is 16.2 Å². The van der Waals surface area contributed by atoms with E-state index in [-0.39, 0.29) is 16.8 Å². The van der Waals surface area contributed by atoms with Crippen molar-refractivity contribution in [3.8, 4) is 0 Å². The number of thioether (sulfide) groups is 1. The maximum atomic E-state index is 13.0. The molecule has 2 aromatic heterocycles. The molecule has 0 unspecified atom stereocenters. The Morgan fingerprint density at radius 1 is 1.10 bits per heavy atom. The van der Waals surface area contributed by atoms with Crippen molar-refractivity contribution in [2.45, 2.75) is 36.7 Å². The molecule has 0 saturated heterocycles. The predicted octanol–water partition coefficient (Wildman–Crippen LogP) is 3.29. The van der Waals surface area contributed by atoms with Crippen LogP contribution in [0.15, 0.2) is 38.9 Å². The van der Waals surface area contributed by atoms with Crippen LogP contribution in [0.4, 0.5) is 13.2 Å². The van der Waals surface area contributed by atoms with Crippen molar-refractivity contribution >= 4 is 22.8 Å². The Bertz CT molecular complexity index is 1190. The van der Waals surface area contributed by atoms with Crippen LogP contribution in [0, 0.1) is 0 Å². The second-order valence-electron chi connectivity index (χ2n) is 6.59. The lowest BCUT2D eigenvalue weighted by molar-refractivity contribution is -0.137. The van der Waals surface area contributed by atoms with Gasteiger partial charge in [-0.2, -0.15) is 13.2 Å². The fraction of sp³-hybridized carbons (Fsp3) is 0.368. The first kappa shape index (κ1) is 21.1. The average molecular weight is 424 g/mol. The molecule has 0 bridgehead atoms. The number of aromatic nitrogens is 4. The summed E-state index contributed by atoms with van der Waals surface area (Å²) in [5.74, 6) is 0.669. The highest BCUT2D eigenvalue weighted by Gasteiger charge is 2.30. The van der Waals surface area contributed by atoms with E-state index in [1.165, 1.54) is 24.7 Å². The van der Waals surface area contributed by atoms with E-state index in [9.17, 15) is 22.8 Å². The van der Waals surface area contributed by atoms with Crippen LogP contribution in [0.3, 0.4) is 0 Å². The lowest BCUT2D eigenvalue weighted by Gasteiger charge is -2.12. The highest BCUT2D eigenvalue weighted by Crippen LogP contribution is 2.31. The minimum Gasteiger partial charge on any atom is -0.280 e. The Balaban J connectivity index is 2.09. The molecule has 0 fully saturated rings. The van der Waals surface area contributed by atoms with E-state index in [4.69, 9.17) is 0 Å². The molecule has 10 heteroatoms. The molecule has 0 spiro atoms. The first-order valence-corrected chi connectivity index (χ1v) is 9.87. The molecule has 0 aliphatic heterocycles. The van der Waals surface area contributed by atoms with Crippen LogP contribution in [-0.2, 0) is 32.4 Å². The van der Waals surface area contributed by atoms with E-state index in [1.54, 1.807) is 6.07 Å². The van der Waals surface area contributed by atoms with Gasteiger partial charge in [-0.25, -0.2) is 14.8 Å². The topological polar surface area (TPSA) is 69.8 Å². The van der Waals surface area contributed by atoms with Crippen molar-refractivity contribution in [2.24, 2.45) is 14.1 Å². The van der Waals surface area contributed by atoms with E-state index in [1.807, 2.05) is 6.92 Å². The fourth-order valence-electron chi connectivity index (χ4n) is 2.90. The van der Waals surface area contributed by atoms with E-state index in [2.05, 4.69) is 9.97 Å². The second-order valence-corrected chi connectivity index (χ2v) is 7.55. The molecule has 3 rings (SSSR count). The highest BCUT2D eigenvalue weighted by atomic mass is 32.2. The number of rotatable bonds is 5. The number of halogens is 3. The number of alkyl halides is 3. The average Bonchev–Trinajstić information content (AvgIpc) is 2.68. The van der Waals surface area contributed by atoms with Gasteiger partial charge in [-0.15, -0.1) is 11.8 Å². The highest BCUT2D eigenvalue weighted by molar-refractivity contribution is 7.98. The number of benzene rings is 1. The summed E-state index contributed by atoms with van der Waals surface area (Å²) in [5, 5.41) is 0.540. The van der Waals surface area contributed by atoms with Crippen LogP contribution in [0.2, 0.25) is 0 Å². The molecule has 0 saturated carbocycles. The Morgan fingerprint density at radius 3 is 2.48 bits per heavy atom. The minimum atomic E-state index is -4.43. The van der Waals surface area contributed by atoms with Crippen molar-refractivity contribution in [1.29, 1.82) is 0 Å². The van der Waals surface area contributed by atoms with E-state index in [0.717, 1.165) is 34.9 Å². The molecule has 2 heterocycles. The summed E-state index contributed by atoms with van der Waals surface area (Å²) in [7, 11) is 2.89. The van der Waals surface area contributed by atoms with Crippen molar-refractivity contribution in [1.82, 2.24) is 19.1 Å². The van der Waals surface area contributed by atoms with Crippen molar-refractivity contribution in [3.05, 3.63) is 62.1 Å². The van der Waals surface area contributed by atoms with Gasteiger partial charge in [-0.05, 0) is 18.1 Å². The van der Waals surface area contributed by atoms with Crippen LogP contribution in [0.5, 0.6) is 0 Å². The van der Waals surface area contributed by atoms with Gasteiger partial charge in [-0.1, -0.05) is 25.1 Å². The maximum Gasteiger partial charge on any atom is 0.416 e. The van der Waals surface area contributed by atoms with Gasteiger partial charge in [0, 0.05) is 26.3 Å². The summed E-state index contributed by atoms with van der Waals surface area (Å²) < 4.78 is 41.1. The van der Waals surface area contributed by atoms with Crippen molar-refractivity contribution in [3.63, 3.8) is 0 Å². The normalized spacial score (nSPS) is 11.9. The molecule has 6 nitrogen and oxygen atoms in total. The second kappa shape index (κ2) is 8.02. The molecule has 29 heavy (non-hydrogen) atoms. The molecule has 0 amide bonds. The lowest BCUT2D eigenvalue weighted by atomic mass is 10.1. The van der Waals surface area contributed by atoms with Gasteiger partial charge in [-0.3, -0.25) is 13.9 Å². The molecular weight excluding hydrogens is 405 g/mol. The van der Waals surface area contributed by atoms with Gasteiger partial charge in [0.15, 0.2) is 5.65 Å². The third-order valence-electron chi connectivity index (χ3n) is 4.42. The van der Waals surface area contributed by atoms with Gasteiger partial charge in [0.05, 0.1) is 5.56 Å². The van der Waals surface area contributed by atoms with Crippen LogP contribution in [-0.4, -0.2) is 19.1 Å². The number of hydrogen-bond acceptors (Lipinski definition) is 5. The first-order chi connectivity index (χ1) is 13.6. The molecule has 3 aromatic rings. The number of fused-ring (bicyclic) bond motifs is 1. The summed E-state index contributed by atoms with van der Waals surface area (Å²) in [6.07, 6.45) is -3.11. The lowest BCUT2D eigenvalue weighted by Crippen LogP contribution is -2.37. The van der Waals surface area contributed by atoms with Crippen molar-refractivity contribution < 1.29 is 13.2 Å². The summed E-state index contributed by atoms with van der Waals surface area (Å²) in [6, 6.07) is 5.03. The number of aryl methyl sites for hydroxylation is 2. The molecule has 1 aromatic carbocycles. The number of hydrogen-bond donors (Lipinski definition) is 0. The van der Waals surface area contributed by atoms with Gasteiger partial charge in [0.2, 0.25) is 0 Å². The van der Waals surface area contributed by atoms with Gasteiger partial charge < -0.3 is 0 Å². The van der Waals surface area contributed by atoms with Crippen LogP contribution in [0.1, 0.15) is 30.3 Å². The molecule has 0 atom stereocenters. The SMILES string of the molecule is CCCc1nc(SCc2cccc(C(F)(F)F)c2)c2c(=O)n(C)c(=O)n(C)c2n1. The fourth-order valence-corrected chi connectivity index (χ4v) is 3.88. The third-order valence-corrected chi connectivity index (χ3v) is 5.46. The molecule has 0 aliphatic carbocycles. The molecule has 0 aliphatic rings. The summed E-state index contributed by atoms with van der Waals surface area (Å²) in [4.78, 5) is 33.8. The zero-order valence-electron chi connectivity index (χ0n) is 16.1. The Kier molecular flexibility index (Phi) is 5.83. The monoisotopic (exact) mass is 424 g/mol. The zero-order valence-corrected chi connectivity index (χ0v) is 16.9. The molecule has 0 radical (unpaired) electrons. The van der Waals surface area contributed by atoms with Crippen LogP contribution < -0.4 is 11.2 Å². The Hall–Kier alpha value is -2.62. The largest absolute Gasteiger partial charge is 0.416 e. The standard InChI is InChI=1S/C19H19F3N4O2S/c1-4-6-13-23-15-14(17(27)26(3)18(28)25(15)2)16(24-13)29-10-11-7-5-8-12(9-11)19(20,21)22/h5,7-9H,4,6,10H2,1-3H3. The van der Waals surface area contributed by atoms with Crippen LogP contribution in [0.25, 0.3) is 11.0 Å². The quantitative estimate of drug-likeness (QED) is 0.464. The summed E-state index contributed by atoms with van der Waals surface area (Å²) in [5.41, 5.74) is -1.08. The molecule has 154 valence electrons. The summed E-state index contributed by atoms with van der Waals surface area (Å²) in [6.45, 7) is 1.95. The van der Waals surface area contributed by atoms with E-state index in [0.29, 0.717) is 22.8 Å². The maximum absolute atomic E-state index is 13.0. The summed E-state index contributed by atoms with van der Waals surface area (Å²) >= 11 is 1.15. The van der Waals surface area contributed by atoms with Crippen molar-refractivity contribution in [2.75, 3.05) is 0 Å². The first-order valence-electron chi connectivity index (χ1n) is 8.89. The smallest absolute Gasteiger partial charge is 0.280 e. The van der Waals surface area contributed by atoms with Gasteiger partial charge in [0.25, 0.3) is 5.56 Å². The Labute approximate surface area is 168 Å². The van der Waals surface area contributed by atoms with Crippen LogP contribution >= 0.6 is 11.8 Å².